The number of hydrogen-bond acceptors (Lipinski definition) is 4. The van der Waals surface area contributed by atoms with Gasteiger partial charge in [0.05, 0.1) is 0 Å². The van der Waals surface area contributed by atoms with Crippen LogP contribution in [-0.2, 0) is 4.79 Å². The Balaban J connectivity index is 1.93. The summed E-state index contributed by atoms with van der Waals surface area (Å²) in [6.07, 6.45) is 0. The first kappa shape index (κ1) is 12.2. The molecule has 0 aliphatic carbocycles. The standard InChI is InChI=1S/C13H15N3O2/c1-9-8-12(16-18-9)15-13(17)10(2)14-11-6-4-3-5-7-11/h3-8,10,14H,1-2H3,(H,15,16,17)/t10-/m1/s1. The van der Waals surface area contributed by atoms with Gasteiger partial charge < -0.3 is 15.2 Å². The van der Waals surface area contributed by atoms with Gasteiger partial charge in [-0.3, -0.25) is 4.79 Å². The fraction of sp³-hybridized carbons (Fsp3) is 0.231. The highest BCUT2D eigenvalue weighted by atomic mass is 16.5. The van der Waals surface area contributed by atoms with Crippen LogP contribution < -0.4 is 10.6 Å². The van der Waals surface area contributed by atoms with E-state index >= 15 is 0 Å². The van der Waals surface area contributed by atoms with Gasteiger partial charge >= 0.3 is 0 Å². The number of carbonyl (C=O) groups excluding carboxylic acids is 1. The molecule has 1 aromatic heterocycles. The molecule has 0 saturated heterocycles. The Morgan fingerprint density at radius 2 is 2.06 bits per heavy atom. The predicted molar refractivity (Wildman–Crippen MR) is 69.4 cm³/mol. The number of benzene rings is 1. The summed E-state index contributed by atoms with van der Waals surface area (Å²) in [5, 5.41) is 9.49. The van der Waals surface area contributed by atoms with Gasteiger partial charge in [0.1, 0.15) is 11.8 Å². The maximum Gasteiger partial charge on any atom is 0.247 e. The van der Waals surface area contributed by atoms with Gasteiger partial charge in [-0.25, -0.2) is 0 Å². The lowest BCUT2D eigenvalue weighted by Crippen LogP contribution is -2.31. The number of para-hydroxylation sites is 1. The van der Waals surface area contributed by atoms with Crippen molar-refractivity contribution in [3.05, 3.63) is 42.2 Å². The second-order valence-corrected chi connectivity index (χ2v) is 4.04. The van der Waals surface area contributed by atoms with Crippen molar-refractivity contribution in [2.45, 2.75) is 19.9 Å². The highest BCUT2D eigenvalue weighted by Gasteiger charge is 2.14. The highest BCUT2D eigenvalue weighted by molar-refractivity contribution is 5.95. The second-order valence-electron chi connectivity index (χ2n) is 4.04. The molecule has 2 rings (SSSR count). The van der Waals surface area contributed by atoms with Gasteiger partial charge in [0, 0.05) is 11.8 Å². The van der Waals surface area contributed by atoms with Crippen LogP contribution >= 0.6 is 0 Å². The Bertz CT molecular complexity index is 522. The second kappa shape index (κ2) is 5.35. The SMILES string of the molecule is Cc1cc(NC(=O)[C@@H](C)Nc2ccccc2)no1. The zero-order chi connectivity index (χ0) is 13.0. The molecule has 1 aromatic carbocycles. The van der Waals surface area contributed by atoms with E-state index in [0.717, 1.165) is 5.69 Å². The number of nitrogens with one attached hydrogen (secondary N) is 2. The van der Waals surface area contributed by atoms with Crippen LogP contribution in [0.3, 0.4) is 0 Å². The lowest BCUT2D eigenvalue weighted by Gasteiger charge is -2.13. The molecule has 18 heavy (non-hydrogen) atoms. The molecule has 2 N–H and O–H groups in total. The van der Waals surface area contributed by atoms with Crippen LogP contribution in [0.5, 0.6) is 0 Å². The Morgan fingerprint density at radius 3 is 2.67 bits per heavy atom. The Hall–Kier alpha value is -2.30. The maximum absolute atomic E-state index is 11.9. The van der Waals surface area contributed by atoms with E-state index in [1.807, 2.05) is 30.3 Å². The summed E-state index contributed by atoms with van der Waals surface area (Å²) in [4.78, 5) is 11.9. The maximum atomic E-state index is 11.9. The fourth-order valence-corrected chi connectivity index (χ4v) is 1.51. The molecular weight excluding hydrogens is 230 g/mol. The smallest absolute Gasteiger partial charge is 0.247 e. The van der Waals surface area contributed by atoms with Gasteiger partial charge in [0.25, 0.3) is 0 Å². The normalized spacial score (nSPS) is 11.9. The molecule has 1 amide bonds. The summed E-state index contributed by atoms with van der Waals surface area (Å²) in [6, 6.07) is 10.9. The summed E-state index contributed by atoms with van der Waals surface area (Å²) >= 11 is 0. The van der Waals surface area contributed by atoms with Gasteiger partial charge in [-0.2, -0.15) is 0 Å². The van der Waals surface area contributed by atoms with Gasteiger partial charge in [-0.1, -0.05) is 23.4 Å². The number of aryl methyl sites for hydroxylation is 1. The molecule has 0 radical (unpaired) electrons. The van der Waals surface area contributed by atoms with E-state index in [4.69, 9.17) is 4.52 Å². The first-order chi connectivity index (χ1) is 8.65. The largest absolute Gasteiger partial charge is 0.374 e. The van der Waals surface area contributed by atoms with Crippen molar-refractivity contribution >= 4 is 17.4 Å². The molecule has 0 saturated carbocycles. The number of amides is 1. The number of carbonyl (C=O) groups is 1. The molecule has 2 aromatic rings. The van der Waals surface area contributed by atoms with Crippen LogP contribution in [0, 0.1) is 6.92 Å². The number of hydrogen-bond donors (Lipinski definition) is 2. The average Bonchev–Trinajstić information content (AvgIpc) is 2.76. The number of anilines is 2. The van der Waals surface area contributed by atoms with Crippen molar-refractivity contribution in [2.24, 2.45) is 0 Å². The third kappa shape index (κ3) is 3.10. The van der Waals surface area contributed by atoms with E-state index in [-0.39, 0.29) is 11.9 Å². The van der Waals surface area contributed by atoms with Crippen molar-refractivity contribution in [3.8, 4) is 0 Å². The van der Waals surface area contributed by atoms with Gasteiger partial charge in [-0.15, -0.1) is 0 Å². The zero-order valence-electron chi connectivity index (χ0n) is 10.3. The Labute approximate surface area is 105 Å². The van der Waals surface area contributed by atoms with E-state index in [1.165, 1.54) is 0 Å². The topological polar surface area (TPSA) is 67.2 Å². The van der Waals surface area contributed by atoms with Crippen molar-refractivity contribution < 1.29 is 9.32 Å². The highest BCUT2D eigenvalue weighted by Crippen LogP contribution is 2.10. The molecule has 5 nitrogen and oxygen atoms in total. The van der Waals surface area contributed by atoms with Gasteiger partial charge in [0.2, 0.25) is 5.91 Å². The molecule has 0 spiro atoms. The Morgan fingerprint density at radius 1 is 1.33 bits per heavy atom. The zero-order valence-corrected chi connectivity index (χ0v) is 10.3. The molecule has 1 heterocycles. The summed E-state index contributed by atoms with van der Waals surface area (Å²) in [5.74, 6) is 0.931. The predicted octanol–water partition coefficient (Wildman–Crippen LogP) is 2.42. The van der Waals surface area contributed by atoms with Crippen molar-refractivity contribution in [2.75, 3.05) is 10.6 Å². The van der Waals surface area contributed by atoms with E-state index in [9.17, 15) is 4.79 Å². The molecule has 0 aliphatic heterocycles. The summed E-state index contributed by atoms with van der Waals surface area (Å²) in [6.45, 7) is 3.56. The van der Waals surface area contributed by atoms with E-state index in [2.05, 4.69) is 15.8 Å². The monoisotopic (exact) mass is 245 g/mol. The van der Waals surface area contributed by atoms with E-state index in [0.29, 0.717) is 11.6 Å². The lowest BCUT2D eigenvalue weighted by molar-refractivity contribution is -0.116. The van der Waals surface area contributed by atoms with Gasteiger partial charge in [-0.05, 0) is 26.0 Å². The molecule has 5 heteroatoms. The molecule has 0 fully saturated rings. The summed E-state index contributed by atoms with van der Waals surface area (Å²) in [5.41, 5.74) is 0.900. The van der Waals surface area contributed by atoms with Crippen molar-refractivity contribution in [1.29, 1.82) is 0 Å². The third-order valence-electron chi connectivity index (χ3n) is 2.43. The lowest BCUT2D eigenvalue weighted by atomic mass is 10.2. The minimum Gasteiger partial charge on any atom is -0.374 e. The van der Waals surface area contributed by atoms with Crippen LogP contribution in [0.15, 0.2) is 40.9 Å². The summed E-state index contributed by atoms with van der Waals surface area (Å²) < 4.78 is 4.88. The minimum atomic E-state index is -0.357. The number of nitrogens with zero attached hydrogens (tertiary/aromatic N) is 1. The molecular formula is C13H15N3O2. The first-order valence-corrected chi connectivity index (χ1v) is 5.71. The third-order valence-corrected chi connectivity index (χ3v) is 2.43. The first-order valence-electron chi connectivity index (χ1n) is 5.71. The van der Waals surface area contributed by atoms with Crippen LogP contribution in [0.2, 0.25) is 0 Å². The average molecular weight is 245 g/mol. The molecule has 1 atom stereocenters. The summed E-state index contributed by atoms with van der Waals surface area (Å²) in [7, 11) is 0. The Kier molecular flexibility index (Phi) is 3.62. The number of aromatic nitrogens is 1. The minimum absolute atomic E-state index is 0.160. The molecule has 0 aliphatic rings. The van der Waals surface area contributed by atoms with Crippen molar-refractivity contribution in [3.63, 3.8) is 0 Å². The quantitative estimate of drug-likeness (QED) is 0.868. The van der Waals surface area contributed by atoms with Crippen LogP contribution in [0.1, 0.15) is 12.7 Å². The molecule has 94 valence electrons. The van der Waals surface area contributed by atoms with Crippen LogP contribution in [0.25, 0.3) is 0 Å². The van der Waals surface area contributed by atoms with E-state index < -0.39 is 0 Å². The van der Waals surface area contributed by atoms with Gasteiger partial charge in [0.15, 0.2) is 5.82 Å². The molecule has 0 unspecified atom stereocenters. The van der Waals surface area contributed by atoms with Crippen LogP contribution in [0.4, 0.5) is 11.5 Å². The fourth-order valence-electron chi connectivity index (χ4n) is 1.51. The van der Waals surface area contributed by atoms with Crippen LogP contribution in [-0.4, -0.2) is 17.1 Å². The van der Waals surface area contributed by atoms with Crippen molar-refractivity contribution in [1.82, 2.24) is 5.16 Å². The molecule has 0 bridgehead atoms. The number of rotatable bonds is 4. The van der Waals surface area contributed by atoms with E-state index in [1.54, 1.807) is 19.9 Å².